The van der Waals surface area contributed by atoms with Crippen LogP contribution in [0.3, 0.4) is 0 Å². The van der Waals surface area contributed by atoms with Gasteiger partial charge in [-0.3, -0.25) is 9.36 Å². The van der Waals surface area contributed by atoms with E-state index in [1.165, 1.54) is 23.8 Å². The van der Waals surface area contributed by atoms with Crippen LogP contribution in [0.25, 0.3) is 6.08 Å². The van der Waals surface area contributed by atoms with Gasteiger partial charge in [-0.25, -0.2) is 14.2 Å². The largest absolute Gasteiger partial charge is 0.466 e. The lowest BCUT2D eigenvalue weighted by atomic mass is 9.96. The van der Waals surface area contributed by atoms with Crippen molar-refractivity contribution in [3.05, 3.63) is 101 Å². The smallest absolute Gasteiger partial charge is 0.338 e. The molecule has 0 aliphatic carbocycles. The Labute approximate surface area is 180 Å². The molecule has 0 saturated carbocycles. The molecule has 1 atom stereocenters. The van der Waals surface area contributed by atoms with Gasteiger partial charge in [0.1, 0.15) is 5.82 Å². The van der Waals surface area contributed by atoms with Crippen LogP contribution in [-0.2, 0) is 9.53 Å². The second kappa shape index (κ2) is 8.01. The maximum atomic E-state index is 14.1. The number of halogens is 2. The Balaban J connectivity index is 1.99. The molecule has 0 fully saturated rings. The molecule has 0 N–H and O–H groups in total. The van der Waals surface area contributed by atoms with Gasteiger partial charge in [0.2, 0.25) is 0 Å². The highest BCUT2D eigenvalue weighted by Crippen LogP contribution is 2.31. The van der Waals surface area contributed by atoms with Crippen LogP contribution in [0.15, 0.2) is 69.6 Å². The fourth-order valence-corrected chi connectivity index (χ4v) is 4.55. The monoisotopic (exact) mass is 442 g/mol. The Morgan fingerprint density at radius 2 is 1.93 bits per heavy atom. The van der Waals surface area contributed by atoms with Crippen molar-refractivity contribution in [3.63, 3.8) is 0 Å². The highest BCUT2D eigenvalue weighted by atomic mass is 35.5. The lowest BCUT2D eigenvalue weighted by Crippen LogP contribution is -2.39. The normalized spacial score (nSPS) is 16.3. The fraction of sp³-hybridized carbons (Fsp3) is 0.136. The topological polar surface area (TPSA) is 60.7 Å². The number of rotatable bonds is 3. The van der Waals surface area contributed by atoms with Crippen LogP contribution < -0.4 is 14.9 Å². The molecular formula is C22H16ClFN2O3S. The molecule has 30 heavy (non-hydrogen) atoms. The molecule has 4 rings (SSSR count). The van der Waals surface area contributed by atoms with Gasteiger partial charge in [0, 0.05) is 10.6 Å². The molecule has 152 valence electrons. The summed E-state index contributed by atoms with van der Waals surface area (Å²) in [6.45, 7) is 1.70. The highest BCUT2D eigenvalue weighted by Gasteiger charge is 2.33. The van der Waals surface area contributed by atoms with Gasteiger partial charge in [0.05, 0.1) is 29.0 Å². The number of carbonyl (C=O) groups is 1. The predicted octanol–water partition coefficient (Wildman–Crippen LogP) is 3.20. The molecule has 3 aromatic rings. The van der Waals surface area contributed by atoms with Crippen LogP contribution in [0, 0.1) is 5.82 Å². The van der Waals surface area contributed by atoms with Crippen LogP contribution in [-0.4, -0.2) is 17.6 Å². The summed E-state index contributed by atoms with van der Waals surface area (Å²) >= 11 is 7.16. The molecule has 0 saturated heterocycles. The number of esters is 1. The van der Waals surface area contributed by atoms with Crippen molar-refractivity contribution in [1.82, 2.24) is 4.57 Å². The first-order chi connectivity index (χ1) is 14.4. The lowest BCUT2D eigenvalue weighted by Gasteiger charge is -2.24. The maximum absolute atomic E-state index is 14.1. The number of fused-ring (bicyclic) bond motifs is 1. The zero-order chi connectivity index (χ0) is 21.4. The molecule has 1 aromatic heterocycles. The van der Waals surface area contributed by atoms with E-state index >= 15 is 0 Å². The Kier molecular flexibility index (Phi) is 5.40. The summed E-state index contributed by atoms with van der Waals surface area (Å²) < 4.78 is 20.8. The maximum Gasteiger partial charge on any atom is 0.338 e. The average molecular weight is 443 g/mol. The summed E-state index contributed by atoms with van der Waals surface area (Å²) in [5.74, 6) is -0.997. The second-order valence-electron chi connectivity index (χ2n) is 6.65. The molecule has 0 radical (unpaired) electrons. The molecule has 1 aliphatic heterocycles. The number of methoxy groups -OCH3 is 1. The minimum atomic E-state index is -0.728. The van der Waals surface area contributed by atoms with E-state index in [1.54, 1.807) is 49.4 Å². The van der Waals surface area contributed by atoms with E-state index in [-0.39, 0.29) is 11.1 Å². The zero-order valence-corrected chi connectivity index (χ0v) is 17.6. The van der Waals surface area contributed by atoms with Gasteiger partial charge in [-0.2, -0.15) is 0 Å². The molecule has 1 aliphatic rings. The number of ether oxygens (including phenoxy) is 1. The number of hydrogen-bond acceptors (Lipinski definition) is 5. The number of carbonyl (C=O) groups excluding carboxylic acids is 1. The number of allylic oxidation sites excluding steroid dienone is 1. The number of hydrogen-bond donors (Lipinski definition) is 0. The van der Waals surface area contributed by atoms with Crippen LogP contribution in [0.5, 0.6) is 0 Å². The number of nitrogens with zero attached hydrogens (tertiary/aromatic N) is 2. The summed E-state index contributed by atoms with van der Waals surface area (Å²) in [6, 6.07) is 12.4. The number of benzene rings is 2. The second-order valence-corrected chi connectivity index (χ2v) is 8.09. The van der Waals surface area contributed by atoms with Crippen molar-refractivity contribution in [1.29, 1.82) is 0 Å². The van der Waals surface area contributed by atoms with E-state index in [4.69, 9.17) is 16.3 Å². The summed E-state index contributed by atoms with van der Waals surface area (Å²) in [5.41, 5.74) is 1.35. The Hall–Kier alpha value is -3.03. The minimum absolute atomic E-state index is 0.268. The predicted molar refractivity (Wildman–Crippen MR) is 114 cm³/mol. The van der Waals surface area contributed by atoms with E-state index in [1.807, 2.05) is 0 Å². The first-order valence-corrected chi connectivity index (χ1v) is 10.2. The van der Waals surface area contributed by atoms with Gasteiger partial charge in [0.15, 0.2) is 4.80 Å². The Bertz CT molecular complexity index is 1360. The highest BCUT2D eigenvalue weighted by molar-refractivity contribution is 7.07. The van der Waals surface area contributed by atoms with Crippen LogP contribution in [0.2, 0.25) is 5.02 Å². The summed E-state index contributed by atoms with van der Waals surface area (Å²) in [5, 5.41) is 0.533. The molecular weight excluding hydrogens is 427 g/mol. The molecule has 0 spiro atoms. The summed E-state index contributed by atoms with van der Waals surface area (Å²) in [4.78, 5) is 30.7. The van der Waals surface area contributed by atoms with Gasteiger partial charge in [-0.1, -0.05) is 53.3 Å². The van der Waals surface area contributed by atoms with Crippen LogP contribution in [0.1, 0.15) is 24.1 Å². The van der Waals surface area contributed by atoms with Gasteiger partial charge >= 0.3 is 5.97 Å². The van der Waals surface area contributed by atoms with E-state index in [9.17, 15) is 14.0 Å². The van der Waals surface area contributed by atoms with Crippen molar-refractivity contribution < 1.29 is 13.9 Å². The van der Waals surface area contributed by atoms with Gasteiger partial charge < -0.3 is 4.74 Å². The molecule has 2 aromatic carbocycles. The van der Waals surface area contributed by atoms with Gasteiger partial charge in [-0.15, -0.1) is 0 Å². The zero-order valence-electron chi connectivity index (χ0n) is 16.1. The lowest BCUT2D eigenvalue weighted by molar-refractivity contribution is -0.136. The standard InChI is InChI=1S/C22H16ClFN2O3S/c1-12-18(21(28)29-2)19(13-7-9-15(23)10-8-13)26-20(27)17(30-22(26)25-12)11-14-5-3-4-6-16(14)24/h3-11,19H,1-2H3/b17-11-. The van der Waals surface area contributed by atoms with E-state index in [2.05, 4.69) is 4.99 Å². The van der Waals surface area contributed by atoms with Crippen molar-refractivity contribution in [3.8, 4) is 0 Å². The molecule has 0 amide bonds. The third-order valence-electron chi connectivity index (χ3n) is 4.80. The first-order valence-electron chi connectivity index (χ1n) is 9.01. The minimum Gasteiger partial charge on any atom is -0.466 e. The molecule has 8 heteroatoms. The summed E-state index contributed by atoms with van der Waals surface area (Å²) in [6.07, 6.45) is 1.50. The first kappa shape index (κ1) is 20.3. The number of thiazole rings is 1. The van der Waals surface area contributed by atoms with Gasteiger partial charge in [0.25, 0.3) is 5.56 Å². The number of aromatic nitrogens is 1. The third kappa shape index (κ3) is 3.51. The Morgan fingerprint density at radius 1 is 1.23 bits per heavy atom. The summed E-state index contributed by atoms with van der Waals surface area (Å²) in [7, 11) is 1.28. The average Bonchev–Trinajstić information content (AvgIpc) is 3.03. The van der Waals surface area contributed by atoms with Crippen molar-refractivity contribution in [2.24, 2.45) is 4.99 Å². The van der Waals surface area contributed by atoms with Crippen LogP contribution >= 0.6 is 22.9 Å². The van der Waals surface area contributed by atoms with Crippen molar-refractivity contribution in [2.75, 3.05) is 7.11 Å². The quantitative estimate of drug-likeness (QED) is 0.585. The van der Waals surface area contributed by atoms with E-state index in [0.717, 1.165) is 11.3 Å². The SMILES string of the molecule is COC(=O)C1=C(C)N=c2s/c(=C\c3ccccc3F)c(=O)n2C1c1ccc(Cl)cc1. The fourth-order valence-electron chi connectivity index (χ4n) is 3.39. The third-order valence-corrected chi connectivity index (χ3v) is 6.04. The molecule has 2 heterocycles. The van der Waals surface area contributed by atoms with Crippen LogP contribution in [0.4, 0.5) is 4.39 Å². The Morgan fingerprint density at radius 3 is 2.60 bits per heavy atom. The van der Waals surface area contributed by atoms with Crippen molar-refractivity contribution in [2.45, 2.75) is 13.0 Å². The molecule has 5 nitrogen and oxygen atoms in total. The van der Waals surface area contributed by atoms with E-state index < -0.39 is 17.8 Å². The molecule has 1 unspecified atom stereocenters. The van der Waals surface area contributed by atoms with Crippen molar-refractivity contribution >= 4 is 35.0 Å². The van der Waals surface area contributed by atoms with Gasteiger partial charge in [-0.05, 0) is 36.8 Å². The molecule has 0 bridgehead atoms. The van der Waals surface area contributed by atoms with E-state index in [0.29, 0.717) is 31.2 Å².